The van der Waals surface area contributed by atoms with Crippen LogP contribution in [0.4, 0.5) is 5.69 Å². The summed E-state index contributed by atoms with van der Waals surface area (Å²) < 4.78 is 5.14. The SMILES string of the molecule is COc1nccc(C(=O)N(C)c2ccccc2)c1C. The Morgan fingerprint density at radius 1 is 1.21 bits per heavy atom. The van der Waals surface area contributed by atoms with Crippen molar-refractivity contribution in [3.63, 3.8) is 0 Å². The van der Waals surface area contributed by atoms with E-state index in [9.17, 15) is 4.79 Å². The molecule has 0 aliphatic carbocycles. The quantitative estimate of drug-likeness (QED) is 0.848. The monoisotopic (exact) mass is 256 g/mol. The second-order valence-corrected chi connectivity index (χ2v) is 4.19. The van der Waals surface area contributed by atoms with Gasteiger partial charge in [0.2, 0.25) is 5.88 Å². The van der Waals surface area contributed by atoms with Crippen molar-refractivity contribution in [2.75, 3.05) is 19.1 Å². The summed E-state index contributed by atoms with van der Waals surface area (Å²) in [6.45, 7) is 1.83. The van der Waals surface area contributed by atoms with E-state index in [0.29, 0.717) is 11.4 Å². The molecule has 0 bridgehead atoms. The molecular weight excluding hydrogens is 240 g/mol. The Kier molecular flexibility index (Phi) is 3.80. The van der Waals surface area contributed by atoms with E-state index in [0.717, 1.165) is 11.3 Å². The lowest BCUT2D eigenvalue weighted by atomic mass is 10.1. The molecule has 1 heterocycles. The van der Waals surface area contributed by atoms with Gasteiger partial charge in [-0.2, -0.15) is 0 Å². The van der Waals surface area contributed by atoms with Crippen molar-refractivity contribution < 1.29 is 9.53 Å². The van der Waals surface area contributed by atoms with Crippen molar-refractivity contribution in [3.8, 4) is 5.88 Å². The van der Waals surface area contributed by atoms with Gasteiger partial charge in [0.15, 0.2) is 0 Å². The lowest BCUT2D eigenvalue weighted by Crippen LogP contribution is -2.27. The summed E-state index contributed by atoms with van der Waals surface area (Å²) in [5.41, 5.74) is 2.19. The Bertz CT molecular complexity index is 582. The summed E-state index contributed by atoms with van der Waals surface area (Å²) >= 11 is 0. The number of nitrogens with zero attached hydrogens (tertiary/aromatic N) is 2. The molecule has 2 rings (SSSR count). The highest BCUT2D eigenvalue weighted by atomic mass is 16.5. The highest BCUT2D eigenvalue weighted by molar-refractivity contribution is 6.06. The molecule has 0 fully saturated rings. The normalized spacial score (nSPS) is 10.1. The topological polar surface area (TPSA) is 42.4 Å². The van der Waals surface area contributed by atoms with E-state index in [4.69, 9.17) is 4.74 Å². The number of carbonyl (C=O) groups is 1. The summed E-state index contributed by atoms with van der Waals surface area (Å²) in [5.74, 6) is 0.400. The molecule has 0 unspecified atom stereocenters. The first-order valence-electron chi connectivity index (χ1n) is 5.98. The molecule has 0 saturated carbocycles. The Balaban J connectivity index is 2.35. The van der Waals surface area contributed by atoms with Gasteiger partial charge in [0.1, 0.15) is 0 Å². The van der Waals surface area contributed by atoms with Crippen molar-refractivity contribution in [2.24, 2.45) is 0 Å². The van der Waals surface area contributed by atoms with Gasteiger partial charge in [-0.05, 0) is 25.1 Å². The number of aromatic nitrogens is 1. The average Bonchev–Trinajstić information content (AvgIpc) is 2.47. The molecule has 0 N–H and O–H groups in total. The van der Waals surface area contributed by atoms with Crippen LogP contribution in [0.25, 0.3) is 0 Å². The highest BCUT2D eigenvalue weighted by Gasteiger charge is 2.17. The molecule has 0 radical (unpaired) electrons. The minimum atomic E-state index is -0.0793. The molecule has 1 aromatic heterocycles. The smallest absolute Gasteiger partial charge is 0.258 e. The summed E-state index contributed by atoms with van der Waals surface area (Å²) in [6, 6.07) is 11.2. The molecule has 19 heavy (non-hydrogen) atoms. The lowest BCUT2D eigenvalue weighted by Gasteiger charge is -2.18. The molecule has 1 amide bonds. The third-order valence-corrected chi connectivity index (χ3v) is 3.03. The van der Waals surface area contributed by atoms with Crippen molar-refractivity contribution in [2.45, 2.75) is 6.92 Å². The van der Waals surface area contributed by atoms with Crippen LogP contribution >= 0.6 is 0 Å². The maximum Gasteiger partial charge on any atom is 0.258 e. The minimum Gasteiger partial charge on any atom is -0.481 e. The number of para-hydroxylation sites is 1. The van der Waals surface area contributed by atoms with Crippen LogP contribution in [0.2, 0.25) is 0 Å². The molecular formula is C15H16N2O2. The molecule has 0 spiro atoms. The molecule has 2 aromatic rings. The number of anilines is 1. The maximum absolute atomic E-state index is 12.5. The van der Waals surface area contributed by atoms with Gasteiger partial charge in [0.25, 0.3) is 5.91 Å². The fraction of sp³-hybridized carbons (Fsp3) is 0.200. The van der Waals surface area contributed by atoms with Crippen LogP contribution in [0.5, 0.6) is 5.88 Å². The van der Waals surface area contributed by atoms with Gasteiger partial charge >= 0.3 is 0 Å². The summed E-state index contributed by atoms with van der Waals surface area (Å²) in [7, 11) is 3.30. The number of hydrogen-bond donors (Lipinski definition) is 0. The van der Waals surface area contributed by atoms with Crippen LogP contribution in [-0.2, 0) is 0 Å². The number of methoxy groups -OCH3 is 1. The van der Waals surface area contributed by atoms with Crippen LogP contribution in [0.3, 0.4) is 0 Å². The lowest BCUT2D eigenvalue weighted by molar-refractivity contribution is 0.0992. The Hall–Kier alpha value is -2.36. The van der Waals surface area contributed by atoms with E-state index >= 15 is 0 Å². The minimum absolute atomic E-state index is 0.0793. The Labute approximate surface area is 112 Å². The molecule has 98 valence electrons. The van der Waals surface area contributed by atoms with E-state index < -0.39 is 0 Å². The second kappa shape index (κ2) is 5.52. The van der Waals surface area contributed by atoms with E-state index in [2.05, 4.69) is 4.98 Å². The number of hydrogen-bond acceptors (Lipinski definition) is 3. The van der Waals surface area contributed by atoms with Crippen molar-refractivity contribution in [3.05, 3.63) is 53.7 Å². The summed E-state index contributed by atoms with van der Waals surface area (Å²) in [5, 5.41) is 0. The first-order valence-corrected chi connectivity index (χ1v) is 5.98. The average molecular weight is 256 g/mol. The summed E-state index contributed by atoms with van der Waals surface area (Å²) in [4.78, 5) is 18.2. The van der Waals surface area contributed by atoms with Crippen molar-refractivity contribution in [1.82, 2.24) is 4.98 Å². The highest BCUT2D eigenvalue weighted by Crippen LogP contribution is 2.21. The third-order valence-electron chi connectivity index (χ3n) is 3.03. The maximum atomic E-state index is 12.5. The zero-order chi connectivity index (χ0) is 13.8. The molecule has 0 atom stereocenters. The van der Waals surface area contributed by atoms with E-state index in [1.54, 1.807) is 31.3 Å². The molecule has 0 aliphatic rings. The number of carbonyl (C=O) groups excluding carboxylic acids is 1. The zero-order valence-corrected chi connectivity index (χ0v) is 11.3. The fourth-order valence-corrected chi connectivity index (χ4v) is 1.90. The Morgan fingerprint density at radius 2 is 1.89 bits per heavy atom. The van der Waals surface area contributed by atoms with Crippen molar-refractivity contribution >= 4 is 11.6 Å². The Morgan fingerprint density at radius 3 is 2.53 bits per heavy atom. The standard InChI is InChI=1S/C15H16N2O2/c1-11-13(9-10-16-14(11)19-3)15(18)17(2)12-7-5-4-6-8-12/h4-10H,1-3H3. The molecule has 0 aliphatic heterocycles. The number of pyridine rings is 1. The van der Waals surface area contributed by atoms with Gasteiger partial charge in [0.05, 0.1) is 7.11 Å². The van der Waals surface area contributed by atoms with E-state index in [-0.39, 0.29) is 5.91 Å². The van der Waals surface area contributed by atoms with Crippen LogP contribution in [0.15, 0.2) is 42.6 Å². The fourth-order valence-electron chi connectivity index (χ4n) is 1.90. The molecule has 0 saturated heterocycles. The van der Waals surface area contributed by atoms with Crippen molar-refractivity contribution in [1.29, 1.82) is 0 Å². The van der Waals surface area contributed by atoms with Gasteiger partial charge in [-0.3, -0.25) is 4.79 Å². The van der Waals surface area contributed by atoms with Gasteiger partial charge < -0.3 is 9.64 Å². The predicted molar refractivity (Wildman–Crippen MR) is 74.7 cm³/mol. The molecule has 4 heteroatoms. The van der Waals surface area contributed by atoms with Gasteiger partial charge in [-0.15, -0.1) is 0 Å². The first-order chi connectivity index (χ1) is 9.15. The number of rotatable bonds is 3. The van der Waals surface area contributed by atoms with Crippen LogP contribution in [0, 0.1) is 6.92 Å². The van der Waals surface area contributed by atoms with Gasteiger partial charge in [-0.25, -0.2) is 4.98 Å². The number of amides is 1. The van der Waals surface area contributed by atoms with Crippen LogP contribution < -0.4 is 9.64 Å². The van der Waals surface area contributed by atoms with E-state index in [1.165, 1.54) is 0 Å². The molecule has 4 nitrogen and oxygen atoms in total. The third kappa shape index (κ3) is 2.57. The number of benzene rings is 1. The molecule has 1 aromatic carbocycles. The predicted octanol–water partition coefficient (Wildman–Crippen LogP) is 2.68. The first kappa shape index (κ1) is 13.1. The van der Waals surface area contributed by atoms with Gasteiger partial charge in [-0.1, -0.05) is 18.2 Å². The number of ether oxygens (including phenoxy) is 1. The summed E-state index contributed by atoms with van der Waals surface area (Å²) in [6.07, 6.45) is 1.58. The second-order valence-electron chi connectivity index (χ2n) is 4.19. The van der Waals surface area contributed by atoms with Gasteiger partial charge in [0, 0.05) is 30.1 Å². The largest absolute Gasteiger partial charge is 0.481 e. The zero-order valence-electron chi connectivity index (χ0n) is 11.3. The van der Waals surface area contributed by atoms with E-state index in [1.807, 2.05) is 37.3 Å². The van der Waals surface area contributed by atoms with Crippen LogP contribution in [0.1, 0.15) is 15.9 Å². The van der Waals surface area contributed by atoms with Crippen LogP contribution in [-0.4, -0.2) is 25.0 Å².